The maximum Gasteiger partial charge on any atom is 0.153 e. The summed E-state index contributed by atoms with van der Waals surface area (Å²) in [5.74, 6) is 0.226. The van der Waals surface area contributed by atoms with Crippen LogP contribution in [0, 0.1) is 6.92 Å². The summed E-state index contributed by atoms with van der Waals surface area (Å²) >= 11 is 3.58. The number of halogens is 1. The first-order valence-corrected chi connectivity index (χ1v) is 7.23. The Balaban J connectivity index is 2.89. The van der Waals surface area contributed by atoms with Gasteiger partial charge in [0.2, 0.25) is 0 Å². The van der Waals surface area contributed by atoms with Crippen LogP contribution in [0.5, 0.6) is 0 Å². The third-order valence-corrected chi connectivity index (χ3v) is 3.91. The molecule has 3 N–H and O–H groups in total. The van der Waals surface area contributed by atoms with Gasteiger partial charge in [0.1, 0.15) is 0 Å². The summed E-state index contributed by atoms with van der Waals surface area (Å²) in [4.78, 5) is 2.14. The molecule has 0 atom stereocenters. The SMILES string of the molecule is CCCN(CC(N)=NO)Cc1c(Br)c(C)nn1CC. The number of nitrogens with zero attached hydrogens (tertiary/aromatic N) is 4. The molecule has 0 aromatic carbocycles. The van der Waals surface area contributed by atoms with E-state index in [1.54, 1.807) is 0 Å². The van der Waals surface area contributed by atoms with E-state index in [9.17, 15) is 0 Å². The minimum atomic E-state index is 0.226. The van der Waals surface area contributed by atoms with Gasteiger partial charge in [0.25, 0.3) is 0 Å². The molecule has 0 saturated heterocycles. The average molecular weight is 332 g/mol. The van der Waals surface area contributed by atoms with E-state index in [0.717, 1.165) is 41.9 Å². The van der Waals surface area contributed by atoms with E-state index in [0.29, 0.717) is 6.54 Å². The summed E-state index contributed by atoms with van der Waals surface area (Å²) in [6.45, 7) is 9.03. The molecule has 0 aliphatic carbocycles. The fraction of sp³-hybridized carbons (Fsp3) is 0.667. The number of hydrogen-bond donors (Lipinski definition) is 2. The molecule has 0 aliphatic rings. The molecule has 1 aromatic heterocycles. The van der Waals surface area contributed by atoms with Crippen molar-refractivity contribution in [1.29, 1.82) is 0 Å². The number of nitrogens with two attached hydrogens (primary N) is 1. The van der Waals surface area contributed by atoms with Crippen molar-refractivity contribution in [3.05, 3.63) is 15.9 Å². The van der Waals surface area contributed by atoms with Crippen LogP contribution in [0.2, 0.25) is 0 Å². The van der Waals surface area contributed by atoms with Crippen LogP contribution in [0.25, 0.3) is 0 Å². The molecule has 7 heteroatoms. The average Bonchev–Trinajstić information content (AvgIpc) is 2.66. The second kappa shape index (κ2) is 7.49. The number of amidine groups is 1. The molecule has 0 radical (unpaired) electrons. The van der Waals surface area contributed by atoms with Crippen LogP contribution < -0.4 is 5.73 Å². The van der Waals surface area contributed by atoms with E-state index in [4.69, 9.17) is 10.9 Å². The highest BCUT2D eigenvalue weighted by atomic mass is 79.9. The summed E-state index contributed by atoms with van der Waals surface area (Å²) in [5.41, 5.74) is 7.70. The van der Waals surface area contributed by atoms with Crippen LogP contribution in [0.4, 0.5) is 0 Å². The number of hydrogen-bond acceptors (Lipinski definition) is 4. The van der Waals surface area contributed by atoms with Gasteiger partial charge in [-0.25, -0.2) is 0 Å². The smallest absolute Gasteiger partial charge is 0.153 e. The van der Waals surface area contributed by atoms with Crippen LogP contribution >= 0.6 is 15.9 Å². The van der Waals surface area contributed by atoms with Crippen molar-refractivity contribution >= 4 is 21.8 Å². The summed E-state index contributed by atoms with van der Waals surface area (Å²) in [5, 5.41) is 16.2. The molecule has 1 aromatic rings. The fourth-order valence-corrected chi connectivity index (χ4v) is 2.43. The standard InChI is InChI=1S/C12H22BrN5O/c1-4-6-17(8-11(14)16-19)7-10-12(13)9(3)15-18(10)5-2/h19H,4-8H2,1-3H3,(H2,14,16). The Bertz CT molecular complexity index is 444. The van der Waals surface area contributed by atoms with Crippen molar-refractivity contribution in [2.45, 2.75) is 40.3 Å². The first-order valence-electron chi connectivity index (χ1n) is 6.43. The highest BCUT2D eigenvalue weighted by Crippen LogP contribution is 2.22. The summed E-state index contributed by atoms with van der Waals surface area (Å²) < 4.78 is 3.02. The Morgan fingerprint density at radius 2 is 2.21 bits per heavy atom. The summed E-state index contributed by atoms with van der Waals surface area (Å²) in [6, 6.07) is 0. The predicted molar refractivity (Wildman–Crippen MR) is 79.3 cm³/mol. The fourth-order valence-electron chi connectivity index (χ4n) is 2.02. The molecular formula is C12H22BrN5O. The highest BCUT2D eigenvalue weighted by molar-refractivity contribution is 9.10. The molecular weight excluding hydrogens is 310 g/mol. The first-order chi connectivity index (χ1) is 9.03. The van der Waals surface area contributed by atoms with Crippen molar-refractivity contribution in [2.75, 3.05) is 13.1 Å². The van der Waals surface area contributed by atoms with Gasteiger partial charge in [0, 0.05) is 13.1 Å². The Hall–Kier alpha value is -1.08. The Labute approximate surface area is 122 Å². The highest BCUT2D eigenvalue weighted by Gasteiger charge is 2.16. The lowest BCUT2D eigenvalue weighted by Gasteiger charge is -2.21. The minimum Gasteiger partial charge on any atom is -0.409 e. The van der Waals surface area contributed by atoms with Crippen LogP contribution in [-0.2, 0) is 13.1 Å². The van der Waals surface area contributed by atoms with Gasteiger partial charge in [0.05, 0.1) is 22.4 Å². The molecule has 0 amide bonds. The number of aryl methyl sites for hydroxylation is 2. The van der Waals surface area contributed by atoms with E-state index < -0.39 is 0 Å². The molecule has 0 bridgehead atoms. The molecule has 6 nitrogen and oxygen atoms in total. The van der Waals surface area contributed by atoms with E-state index in [1.165, 1.54) is 0 Å². The third kappa shape index (κ3) is 4.21. The number of rotatable bonds is 7. The topological polar surface area (TPSA) is 79.7 Å². The summed E-state index contributed by atoms with van der Waals surface area (Å²) in [7, 11) is 0. The first kappa shape index (κ1) is 16.0. The van der Waals surface area contributed by atoms with Gasteiger partial charge in [0.15, 0.2) is 5.84 Å². The monoisotopic (exact) mass is 331 g/mol. The van der Waals surface area contributed by atoms with Crippen LogP contribution in [0.1, 0.15) is 31.7 Å². The van der Waals surface area contributed by atoms with Crippen molar-refractivity contribution in [2.24, 2.45) is 10.9 Å². The van der Waals surface area contributed by atoms with Crippen molar-refractivity contribution < 1.29 is 5.21 Å². The maximum atomic E-state index is 8.69. The van der Waals surface area contributed by atoms with Crippen molar-refractivity contribution in [1.82, 2.24) is 14.7 Å². The zero-order valence-corrected chi connectivity index (χ0v) is 13.3. The van der Waals surface area contributed by atoms with Gasteiger partial charge in [-0.05, 0) is 42.7 Å². The van der Waals surface area contributed by atoms with Gasteiger partial charge in [-0.3, -0.25) is 9.58 Å². The minimum absolute atomic E-state index is 0.226. The van der Waals surface area contributed by atoms with Crippen molar-refractivity contribution in [3.63, 3.8) is 0 Å². The molecule has 1 rings (SSSR count). The number of oxime groups is 1. The molecule has 0 aliphatic heterocycles. The summed E-state index contributed by atoms with van der Waals surface area (Å²) in [6.07, 6.45) is 1.01. The molecule has 19 heavy (non-hydrogen) atoms. The lowest BCUT2D eigenvalue weighted by molar-refractivity contribution is 0.279. The van der Waals surface area contributed by atoms with Crippen molar-refractivity contribution in [3.8, 4) is 0 Å². The second-order valence-electron chi connectivity index (χ2n) is 4.46. The molecule has 0 fully saturated rings. The maximum absolute atomic E-state index is 8.69. The Kier molecular flexibility index (Phi) is 6.30. The van der Waals surface area contributed by atoms with Gasteiger partial charge in [-0.2, -0.15) is 5.10 Å². The molecule has 0 unspecified atom stereocenters. The third-order valence-electron chi connectivity index (χ3n) is 2.88. The lowest BCUT2D eigenvalue weighted by Crippen LogP contribution is -2.34. The largest absolute Gasteiger partial charge is 0.409 e. The zero-order chi connectivity index (χ0) is 14.4. The molecule has 0 spiro atoms. The molecule has 0 saturated carbocycles. The van der Waals surface area contributed by atoms with Gasteiger partial charge >= 0.3 is 0 Å². The van der Waals surface area contributed by atoms with E-state index in [1.807, 2.05) is 11.6 Å². The molecule has 1 heterocycles. The van der Waals surface area contributed by atoms with E-state index in [-0.39, 0.29) is 5.84 Å². The van der Waals surface area contributed by atoms with Crippen LogP contribution in [0.3, 0.4) is 0 Å². The predicted octanol–water partition coefficient (Wildman–Crippen LogP) is 1.93. The van der Waals surface area contributed by atoms with E-state index >= 15 is 0 Å². The Morgan fingerprint density at radius 3 is 2.74 bits per heavy atom. The van der Waals surface area contributed by atoms with Gasteiger partial charge in [-0.1, -0.05) is 12.1 Å². The number of aromatic nitrogens is 2. The zero-order valence-electron chi connectivity index (χ0n) is 11.7. The molecule has 108 valence electrons. The Morgan fingerprint density at radius 1 is 1.53 bits per heavy atom. The van der Waals surface area contributed by atoms with Gasteiger partial charge in [-0.15, -0.1) is 0 Å². The van der Waals surface area contributed by atoms with Crippen LogP contribution in [-0.4, -0.2) is 38.8 Å². The van der Waals surface area contributed by atoms with E-state index in [2.05, 4.69) is 44.9 Å². The second-order valence-corrected chi connectivity index (χ2v) is 5.26. The lowest BCUT2D eigenvalue weighted by atomic mass is 10.3. The normalized spacial score (nSPS) is 12.4. The van der Waals surface area contributed by atoms with Gasteiger partial charge < -0.3 is 10.9 Å². The van der Waals surface area contributed by atoms with Crippen LogP contribution in [0.15, 0.2) is 9.63 Å². The quantitative estimate of drug-likeness (QED) is 0.346.